The topological polar surface area (TPSA) is 38.3 Å². The Morgan fingerprint density at radius 1 is 1.41 bits per heavy atom. The zero-order chi connectivity index (χ0) is 12.7. The standard InChI is InChI=1S/C13H18FNO2/c1-10(9-13(16)17-2)15-8-7-11-3-5-12(14)6-4-11/h3-6,10,15H,7-9H2,1-2H3. The molecule has 1 aromatic carbocycles. The Hall–Kier alpha value is -1.42. The van der Waals surface area contributed by atoms with Gasteiger partial charge in [0, 0.05) is 6.04 Å². The van der Waals surface area contributed by atoms with Crippen molar-refractivity contribution in [3.63, 3.8) is 0 Å². The molecule has 0 aromatic heterocycles. The first-order valence-corrected chi connectivity index (χ1v) is 5.66. The predicted octanol–water partition coefficient (Wildman–Crippen LogP) is 1.91. The number of esters is 1. The number of halogens is 1. The van der Waals surface area contributed by atoms with Crippen molar-refractivity contribution in [3.8, 4) is 0 Å². The molecule has 1 aromatic rings. The van der Waals surface area contributed by atoms with Crippen LogP contribution in [0.5, 0.6) is 0 Å². The molecule has 1 rings (SSSR count). The molecule has 4 heteroatoms. The summed E-state index contributed by atoms with van der Waals surface area (Å²) >= 11 is 0. The van der Waals surface area contributed by atoms with E-state index in [1.165, 1.54) is 19.2 Å². The maximum Gasteiger partial charge on any atom is 0.307 e. The number of hydrogen-bond acceptors (Lipinski definition) is 3. The van der Waals surface area contributed by atoms with E-state index in [9.17, 15) is 9.18 Å². The lowest BCUT2D eigenvalue weighted by molar-refractivity contribution is -0.141. The van der Waals surface area contributed by atoms with Gasteiger partial charge in [0.05, 0.1) is 13.5 Å². The number of ether oxygens (including phenoxy) is 1. The molecule has 0 fully saturated rings. The third-order valence-electron chi connectivity index (χ3n) is 2.52. The molecular formula is C13H18FNO2. The van der Waals surface area contributed by atoms with Crippen LogP contribution in [0.1, 0.15) is 18.9 Å². The Morgan fingerprint density at radius 3 is 2.65 bits per heavy atom. The summed E-state index contributed by atoms with van der Waals surface area (Å²) in [4.78, 5) is 11.0. The Labute approximate surface area is 101 Å². The van der Waals surface area contributed by atoms with Crippen LogP contribution in [-0.4, -0.2) is 25.7 Å². The van der Waals surface area contributed by atoms with Gasteiger partial charge in [-0.1, -0.05) is 12.1 Å². The van der Waals surface area contributed by atoms with Gasteiger partial charge in [-0.25, -0.2) is 4.39 Å². The molecule has 0 radical (unpaired) electrons. The van der Waals surface area contributed by atoms with Crippen molar-refractivity contribution in [1.29, 1.82) is 0 Å². The highest BCUT2D eigenvalue weighted by molar-refractivity contribution is 5.69. The number of carbonyl (C=O) groups is 1. The Balaban J connectivity index is 2.23. The van der Waals surface area contributed by atoms with Gasteiger partial charge in [-0.3, -0.25) is 4.79 Å². The average molecular weight is 239 g/mol. The molecule has 0 aliphatic carbocycles. The third-order valence-corrected chi connectivity index (χ3v) is 2.52. The minimum Gasteiger partial charge on any atom is -0.469 e. The fourth-order valence-electron chi connectivity index (χ4n) is 1.52. The van der Waals surface area contributed by atoms with E-state index in [-0.39, 0.29) is 17.8 Å². The first-order valence-electron chi connectivity index (χ1n) is 5.66. The molecule has 0 amide bonds. The summed E-state index contributed by atoms with van der Waals surface area (Å²) in [7, 11) is 1.38. The molecule has 0 saturated carbocycles. The molecule has 0 saturated heterocycles. The maximum atomic E-state index is 12.7. The lowest BCUT2D eigenvalue weighted by atomic mass is 10.1. The Kier molecular flexibility index (Phi) is 5.63. The first-order chi connectivity index (χ1) is 8.11. The molecular weight excluding hydrogens is 221 g/mol. The van der Waals surface area contributed by atoms with E-state index in [2.05, 4.69) is 10.1 Å². The van der Waals surface area contributed by atoms with Crippen LogP contribution in [0.4, 0.5) is 4.39 Å². The van der Waals surface area contributed by atoms with E-state index < -0.39 is 0 Å². The number of methoxy groups -OCH3 is 1. The molecule has 0 spiro atoms. The zero-order valence-corrected chi connectivity index (χ0v) is 10.2. The average Bonchev–Trinajstić information content (AvgIpc) is 2.31. The molecule has 94 valence electrons. The fraction of sp³-hybridized carbons (Fsp3) is 0.462. The maximum absolute atomic E-state index is 12.7. The van der Waals surface area contributed by atoms with Gasteiger partial charge in [0.25, 0.3) is 0 Å². The normalized spacial score (nSPS) is 12.2. The number of rotatable bonds is 6. The minimum absolute atomic E-state index is 0.0860. The number of benzene rings is 1. The van der Waals surface area contributed by atoms with E-state index in [0.717, 1.165) is 18.5 Å². The van der Waals surface area contributed by atoms with Crippen molar-refractivity contribution >= 4 is 5.97 Å². The minimum atomic E-state index is -0.222. The number of carbonyl (C=O) groups excluding carboxylic acids is 1. The van der Waals surface area contributed by atoms with Gasteiger partial charge in [-0.2, -0.15) is 0 Å². The molecule has 1 N–H and O–H groups in total. The van der Waals surface area contributed by atoms with Gasteiger partial charge in [-0.05, 0) is 37.6 Å². The van der Waals surface area contributed by atoms with Crippen LogP contribution in [0, 0.1) is 5.82 Å². The molecule has 1 atom stereocenters. The van der Waals surface area contributed by atoms with E-state index in [1.54, 1.807) is 12.1 Å². The second kappa shape index (κ2) is 7.01. The molecule has 17 heavy (non-hydrogen) atoms. The van der Waals surface area contributed by atoms with Gasteiger partial charge in [0.2, 0.25) is 0 Å². The van der Waals surface area contributed by atoms with Crippen molar-refractivity contribution in [3.05, 3.63) is 35.6 Å². The molecule has 1 unspecified atom stereocenters. The van der Waals surface area contributed by atoms with Crippen molar-refractivity contribution in [2.24, 2.45) is 0 Å². The van der Waals surface area contributed by atoms with Gasteiger partial charge in [-0.15, -0.1) is 0 Å². The zero-order valence-electron chi connectivity index (χ0n) is 10.2. The van der Waals surface area contributed by atoms with E-state index >= 15 is 0 Å². The van der Waals surface area contributed by atoms with Crippen LogP contribution in [0.15, 0.2) is 24.3 Å². The summed E-state index contributed by atoms with van der Waals surface area (Å²) in [6, 6.07) is 6.52. The van der Waals surface area contributed by atoms with Gasteiger partial charge >= 0.3 is 5.97 Å². The van der Waals surface area contributed by atoms with Gasteiger partial charge in [0.1, 0.15) is 5.82 Å². The monoisotopic (exact) mass is 239 g/mol. The van der Waals surface area contributed by atoms with Crippen molar-refractivity contribution in [1.82, 2.24) is 5.32 Å². The summed E-state index contributed by atoms with van der Waals surface area (Å²) in [6.45, 7) is 2.69. The van der Waals surface area contributed by atoms with Gasteiger partial charge in [0.15, 0.2) is 0 Å². The molecule has 0 bridgehead atoms. The Bertz CT molecular complexity index is 351. The van der Waals surface area contributed by atoms with Crippen LogP contribution in [-0.2, 0) is 16.0 Å². The van der Waals surface area contributed by atoms with Crippen molar-refractivity contribution < 1.29 is 13.9 Å². The summed E-state index contributed by atoms with van der Waals surface area (Å²) in [6.07, 6.45) is 1.17. The molecule has 3 nitrogen and oxygen atoms in total. The molecule has 0 heterocycles. The summed E-state index contributed by atoms with van der Waals surface area (Å²) in [5, 5.41) is 3.22. The van der Waals surface area contributed by atoms with Crippen molar-refractivity contribution in [2.75, 3.05) is 13.7 Å². The van der Waals surface area contributed by atoms with Crippen LogP contribution in [0.2, 0.25) is 0 Å². The molecule has 0 aliphatic rings. The summed E-state index contributed by atoms with van der Waals surface area (Å²) < 4.78 is 17.2. The summed E-state index contributed by atoms with van der Waals surface area (Å²) in [5.41, 5.74) is 1.07. The van der Waals surface area contributed by atoms with E-state index in [1.807, 2.05) is 6.92 Å². The largest absolute Gasteiger partial charge is 0.469 e. The molecule has 0 aliphatic heterocycles. The highest BCUT2D eigenvalue weighted by Crippen LogP contribution is 2.03. The SMILES string of the molecule is COC(=O)CC(C)NCCc1ccc(F)cc1. The number of hydrogen-bond donors (Lipinski definition) is 1. The van der Waals surface area contributed by atoms with Crippen LogP contribution in [0.3, 0.4) is 0 Å². The lowest BCUT2D eigenvalue weighted by Gasteiger charge is -2.12. The number of nitrogens with one attached hydrogen (secondary N) is 1. The van der Waals surface area contributed by atoms with Crippen molar-refractivity contribution in [2.45, 2.75) is 25.8 Å². The predicted molar refractivity (Wildman–Crippen MR) is 64.2 cm³/mol. The smallest absolute Gasteiger partial charge is 0.307 e. The van der Waals surface area contributed by atoms with Crippen LogP contribution < -0.4 is 5.32 Å². The fourth-order valence-corrected chi connectivity index (χ4v) is 1.52. The summed E-state index contributed by atoms with van der Waals surface area (Å²) in [5.74, 6) is -0.437. The highest BCUT2D eigenvalue weighted by Gasteiger charge is 2.07. The van der Waals surface area contributed by atoms with E-state index in [0.29, 0.717) is 6.42 Å². The van der Waals surface area contributed by atoms with E-state index in [4.69, 9.17) is 0 Å². The lowest BCUT2D eigenvalue weighted by Crippen LogP contribution is -2.30. The second-order valence-electron chi connectivity index (χ2n) is 4.01. The Morgan fingerprint density at radius 2 is 2.06 bits per heavy atom. The van der Waals surface area contributed by atoms with Gasteiger partial charge < -0.3 is 10.1 Å². The third kappa shape index (κ3) is 5.45. The quantitative estimate of drug-likeness (QED) is 0.771. The highest BCUT2D eigenvalue weighted by atomic mass is 19.1. The first kappa shape index (κ1) is 13.6. The van der Waals surface area contributed by atoms with Crippen LogP contribution in [0.25, 0.3) is 0 Å². The van der Waals surface area contributed by atoms with Crippen LogP contribution >= 0.6 is 0 Å². The second-order valence-corrected chi connectivity index (χ2v) is 4.01.